The van der Waals surface area contributed by atoms with Crippen LogP contribution in [0.4, 0.5) is 11.4 Å². The molecule has 1 aromatic heterocycles. The number of H-pyrrole nitrogens is 1. The van der Waals surface area contributed by atoms with Gasteiger partial charge in [0, 0.05) is 48.1 Å². The quantitative estimate of drug-likeness (QED) is 0.240. The van der Waals surface area contributed by atoms with Crippen LogP contribution in [0.2, 0.25) is 0 Å². The Morgan fingerprint density at radius 1 is 1.09 bits per heavy atom. The minimum absolute atomic E-state index is 0.0718. The largest absolute Gasteiger partial charge is 0.494 e. The molecule has 1 fully saturated rings. The number of amides is 1. The maximum atomic E-state index is 12.0. The molecule has 3 aromatic carbocycles. The summed E-state index contributed by atoms with van der Waals surface area (Å²) in [5, 5.41) is 22.7. The molecule has 0 saturated carbocycles. The fraction of sp³-hybridized carbons (Fsp3) is 0.154. The molecule has 1 saturated heterocycles. The number of hydrogen-bond acceptors (Lipinski definition) is 5. The highest BCUT2D eigenvalue weighted by atomic mass is 16.6. The molecule has 2 heterocycles. The van der Waals surface area contributed by atoms with Gasteiger partial charge in [0.15, 0.2) is 5.88 Å². The van der Waals surface area contributed by atoms with E-state index in [0.717, 1.165) is 24.1 Å². The van der Waals surface area contributed by atoms with Gasteiger partial charge in [0.1, 0.15) is 0 Å². The van der Waals surface area contributed by atoms with E-state index in [1.807, 2.05) is 59.5 Å². The molecule has 0 aliphatic carbocycles. The van der Waals surface area contributed by atoms with Gasteiger partial charge in [0.05, 0.1) is 21.9 Å². The molecule has 8 nitrogen and oxygen atoms in total. The number of aromatic nitrogens is 1. The van der Waals surface area contributed by atoms with Crippen LogP contribution in [-0.2, 0) is 11.3 Å². The number of nitrogens with zero attached hydrogens (tertiary/aromatic N) is 3. The number of likely N-dealkylation sites (tertiary alicyclic amines) is 1. The molecular weight excluding hydrogens is 432 g/mol. The van der Waals surface area contributed by atoms with Gasteiger partial charge in [-0.2, -0.15) is 0 Å². The molecule has 0 unspecified atom stereocenters. The molecule has 1 amide bonds. The van der Waals surface area contributed by atoms with Crippen LogP contribution in [-0.4, -0.2) is 38.1 Å². The van der Waals surface area contributed by atoms with Crippen molar-refractivity contribution in [1.82, 2.24) is 9.88 Å². The average Bonchev–Trinajstić information content (AvgIpc) is 3.39. The lowest BCUT2D eigenvalue weighted by Gasteiger charge is -2.15. The number of non-ortho nitro benzene ring substituents is 1. The molecular formula is C26H22N4O4. The van der Waals surface area contributed by atoms with Crippen molar-refractivity contribution in [1.29, 1.82) is 0 Å². The number of hydrogen-bond donors (Lipinski definition) is 2. The Balaban J connectivity index is 1.63. The van der Waals surface area contributed by atoms with E-state index in [2.05, 4.69) is 4.98 Å². The predicted octanol–water partition coefficient (Wildman–Crippen LogP) is 5.07. The first kappa shape index (κ1) is 21.4. The maximum Gasteiger partial charge on any atom is 0.270 e. The molecule has 1 aliphatic heterocycles. The maximum absolute atomic E-state index is 12.0. The van der Waals surface area contributed by atoms with E-state index in [1.54, 1.807) is 6.07 Å². The number of aromatic hydroxyl groups is 1. The number of nitro groups is 1. The van der Waals surface area contributed by atoms with Crippen molar-refractivity contribution in [3.8, 4) is 5.88 Å². The Labute approximate surface area is 195 Å². The second kappa shape index (κ2) is 8.82. The number of nitrogens with one attached hydrogen (secondary N) is 1. The van der Waals surface area contributed by atoms with Gasteiger partial charge in [-0.1, -0.05) is 42.5 Å². The van der Waals surface area contributed by atoms with Crippen LogP contribution < -0.4 is 0 Å². The number of fused-ring (bicyclic) bond motifs is 1. The SMILES string of the molecule is O=C1CCCN1Cc1cccc(N=C(c2ccccc2)c2c(O)[nH]c3ccc([N+](=O)[O-])cc23)c1. The van der Waals surface area contributed by atoms with Crippen LogP contribution in [0.1, 0.15) is 29.5 Å². The third-order valence-corrected chi connectivity index (χ3v) is 5.95. The number of benzene rings is 3. The van der Waals surface area contributed by atoms with E-state index in [-0.39, 0.29) is 17.5 Å². The van der Waals surface area contributed by atoms with Crippen molar-refractivity contribution in [2.75, 3.05) is 6.54 Å². The third-order valence-electron chi connectivity index (χ3n) is 5.95. The zero-order valence-electron chi connectivity index (χ0n) is 18.3. The normalized spacial score (nSPS) is 14.2. The van der Waals surface area contributed by atoms with Crippen molar-refractivity contribution >= 4 is 33.9 Å². The van der Waals surface area contributed by atoms with Gasteiger partial charge in [-0.15, -0.1) is 0 Å². The molecule has 4 aromatic rings. The van der Waals surface area contributed by atoms with Gasteiger partial charge in [-0.05, 0) is 30.2 Å². The summed E-state index contributed by atoms with van der Waals surface area (Å²) in [4.78, 5) is 32.6. The number of carbonyl (C=O) groups excluding carboxylic acids is 1. The zero-order chi connectivity index (χ0) is 23.7. The minimum atomic E-state index is -0.463. The fourth-order valence-electron chi connectivity index (χ4n) is 4.32. The zero-order valence-corrected chi connectivity index (χ0v) is 18.3. The number of rotatable bonds is 6. The summed E-state index contributed by atoms with van der Waals surface area (Å²) in [6.07, 6.45) is 1.46. The lowest BCUT2D eigenvalue weighted by atomic mass is 10.0. The van der Waals surface area contributed by atoms with E-state index >= 15 is 0 Å². The number of nitro benzene ring substituents is 1. The number of aliphatic imine (C=N–C) groups is 1. The summed E-state index contributed by atoms with van der Waals surface area (Å²) in [6.45, 7) is 1.27. The topological polar surface area (TPSA) is 112 Å². The fourth-order valence-corrected chi connectivity index (χ4v) is 4.32. The first-order valence-corrected chi connectivity index (χ1v) is 11.0. The van der Waals surface area contributed by atoms with Crippen LogP contribution in [0, 0.1) is 10.1 Å². The van der Waals surface area contributed by atoms with Crippen molar-refractivity contribution in [3.05, 3.63) is 99.6 Å². The van der Waals surface area contributed by atoms with E-state index in [4.69, 9.17) is 4.99 Å². The standard InChI is InChI=1S/C26H22N4O4/c31-23-10-5-13-29(23)16-17-6-4-9-19(14-17)27-25(18-7-2-1-3-8-18)24-21-15-20(30(33)34)11-12-22(21)28-26(24)32/h1-4,6-9,11-12,14-15,28,32H,5,10,13,16H2. The van der Waals surface area contributed by atoms with E-state index < -0.39 is 4.92 Å². The van der Waals surface area contributed by atoms with Crippen molar-refractivity contribution in [2.45, 2.75) is 19.4 Å². The molecule has 0 bridgehead atoms. The van der Waals surface area contributed by atoms with Gasteiger partial charge in [-0.25, -0.2) is 4.99 Å². The first-order valence-electron chi connectivity index (χ1n) is 11.0. The monoisotopic (exact) mass is 454 g/mol. The molecule has 1 aliphatic rings. The molecule has 0 radical (unpaired) electrons. The van der Waals surface area contributed by atoms with Crippen LogP contribution in [0.15, 0.2) is 77.8 Å². The summed E-state index contributed by atoms with van der Waals surface area (Å²) < 4.78 is 0. The summed E-state index contributed by atoms with van der Waals surface area (Å²) in [5.41, 5.74) is 3.75. The molecule has 2 N–H and O–H groups in total. The number of aromatic amines is 1. The Bertz CT molecular complexity index is 1430. The summed E-state index contributed by atoms with van der Waals surface area (Å²) >= 11 is 0. The highest BCUT2D eigenvalue weighted by Gasteiger charge is 2.22. The predicted molar refractivity (Wildman–Crippen MR) is 129 cm³/mol. The Kier molecular flexibility index (Phi) is 5.55. The molecule has 0 spiro atoms. The van der Waals surface area contributed by atoms with Gasteiger partial charge in [0.25, 0.3) is 5.69 Å². The molecule has 5 rings (SSSR count). The summed E-state index contributed by atoms with van der Waals surface area (Å²) in [7, 11) is 0. The number of carbonyl (C=O) groups is 1. The van der Waals surface area contributed by atoms with Crippen molar-refractivity contribution in [2.24, 2.45) is 4.99 Å². The highest BCUT2D eigenvalue weighted by Crippen LogP contribution is 2.33. The van der Waals surface area contributed by atoms with Crippen LogP contribution in [0.3, 0.4) is 0 Å². The van der Waals surface area contributed by atoms with E-state index in [0.29, 0.717) is 40.8 Å². The smallest absolute Gasteiger partial charge is 0.270 e. The lowest BCUT2D eigenvalue weighted by Crippen LogP contribution is -2.23. The second-order valence-corrected chi connectivity index (χ2v) is 8.25. The molecule has 34 heavy (non-hydrogen) atoms. The molecule has 170 valence electrons. The Morgan fingerprint density at radius 3 is 2.65 bits per heavy atom. The summed E-state index contributed by atoms with van der Waals surface area (Å²) in [5.74, 6) is 0.0427. The first-order chi connectivity index (χ1) is 16.5. The summed E-state index contributed by atoms with van der Waals surface area (Å²) in [6, 6.07) is 21.4. The van der Waals surface area contributed by atoms with Crippen LogP contribution >= 0.6 is 0 Å². The van der Waals surface area contributed by atoms with E-state index in [1.165, 1.54) is 12.1 Å². The third kappa shape index (κ3) is 4.13. The molecule has 8 heteroatoms. The van der Waals surface area contributed by atoms with Crippen LogP contribution in [0.25, 0.3) is 10.9 Å². The van der Waals surface area contributed by atoms with Gasteiger partial charge >= 0.3 is 0 Å². The van der Waals surface area contributed by atoms with Crippen molar-refractivity contribution < 1.29 is 14.8 Å². The average molecular weight is 454 g/mol. The lowest BCUT2D eigenvalue weighted by molar-refractivity contribution is -0.384. The highest BCUT2D eigenvalue weighted by molar-refractivity contribution is 6.22. The van der Waals surface area contributed by atoms with Gasteiger partial charge in [0.2, 0.25) is 5.91 Å². The van der Waals surface area contributed by atoms with Gasteiger partial charge in [-0.3, -0.25) is 14.9 Å². The van der Waals surface area contributed by atoms with Crippen molar-refractivity contribution in [3.63, 3.8) is 0 Å². The minimum Gasteiger partial charge on any atom is -0.494 e. The molecule has 0 atom stereocenters. The Morgan fingerprint density at radius 2 is 1.91 bits per heavy atom. The van der Waals surface area contributed by atoms with Crippen LogP contribution in [0.5, 0.6) is 5.88 Å². The van der Waals surface area contributed by atoms with Gasteiger partial charge < -0.3 is 15.0 Å². The van der Waals surface area contributed by atoms with E-state index in [9.17, 15) is 20.0 Å². The Hall–Kier alpha value is -4.46. The second-order valence-electron chi connectivity index (χ2n) is 8.25.